The van der Waals surface area contributed by atoms with Crippen LogP contribution in [0.4, 0.5) is 0 Å². The van der Waals surface area contributed by atoms with Crippen molar-refractivity contribution in [3.05, 3.63) is 99.6 Å². The standard InChI is InChI=1S/C24H26O3/c1-3-18(15-17-11-7-5-8-12-17)22-16-21(25)23(24(26)27-22)20(4-2)19-13-9-6-10-14-19/h5-14,16,18,20,25H,3-4,15H2,1-2H3/t18-,20+/m0/s1. The number of benzene rings is 2. The molecule has 3 aromatic rings. The summed E-state index contributed by atoms with van der Waals surface area (Å²) in [7, 11) is 0. The number of rotatable bonds is 7. The quantitative estimate of drug-likeness (QED) is 0.593. The van der Waals surface area contributed by atoms with Crippen molar-refractivity contribution in [3.63, 3.8) is 0 Å². The molecule has 1 aromatic heterocycles. The summed E-state index contributed by atoms with van der Waals surface area (Å²) in [6, 6.07) is 21.5. The maximum Gasteiger partial charge on any atom is 0.343 e. The highest BCUT2D eigenvalue weighted by molar-refractivity contribution is 5.40. The average molecular weight is 362 g/mol. The molecule has 2 aromatic carbocycles. The number of hydrogen-bond donors (Lipinski definition) is 1. The van der Waals surface area contributed by atoms with Crippen molar-refractivity contribution in [2.75, 3.05) is 0 Å². The minimum absolute atomic E-state index is 0.0310. The second kappa shape index (κ2) is 8.72. The molecule has 0 aliphatic rings. The van der Waals surface area contributed by atoms with E-state index in [1.807, 2.05) is 55.5 Å². The maximum atomic E-state index is 12.8. The molecule has 0 spiro atoms. The molecule has 3 rings (SSSR count). The third-order valence-corrected chi connectivity index (χ3v) is 5.16. The fourth-order valence-electron chi connectivity index (χ4n) is 3.67. The average Bonchev–Trinajstić information content (AvgIpc) is 2.70. The van der Waals surface area contributed by atoms with E-state index in [2.05, 4.69) is 19.1 Å². The largest absolute Gasteiger partial charge is 0.507 e. The molecule has 3 nitrogen and oxygen atoms in total. The van der Waals surface area contributed by atoms with Crippen molar-refractivity contribution >= 4 is 0 Å². The van der Waals surface area contributed by atoms with Crippen molar-refractivity contribution in [3.8, 4) is 5.75 Å². The molecule has 3 heteroatoms. The Bertz CT molecular complexity index is 913. The van der Waals surface area contributed by atoms with E-state index >= 15 is 0 Å². The molecule has 1 N–H and O–H groups in total. The first kappa shape index (κ1) is 19.0. The molecular formula is C24H26O3. The van der Waals surface area contributed by atoms with E-state index < -0.39 is 5.63 Å². The third kappa shape index (κ3) is 4.30. The summed E-state index contributed by atoms with van der Waals surface area (Å²) in [4.78, 5) is 12.8. The van der Waals surface area contributed by atoms with Gasteiger partial charge in [-0.1, -0.05) is 74.5 Å². The molecule has 0 unspecified atom stereocenters. The van der Waals surface area contributed by atoms with E-state index in [-0.39, 0.29) is 17.6 Å². The topological polar surface area (TPSA) is 50.4 Å². The Morgan fingerprint density at radius 3 is 2.11 bits per heavy atom. The van der Waals surface area contributed by atoms with E-state index in [1.165, 1.54) is 5.56 Å². The molecule has 0 amide bonds. The second-order valence-electron chi connectivity index (χ2n) is 6.90. The lowest BCUT2D eigenvalue weighted by Gasteiger charge is -2.19. The van der Waals surface area contributed by atoms with Crippen LogP contribution in [0.5, 0.6) is 5.75 Å². The normalized spacial score (nSPS) is 13.3. The Hall–Kier alpha value is -2.81. The Balaban J connectivity index is 1.95. The third-order valence-electron chi connectivity index (χ3n) is 5.16. The molecule has 0 saturated carbocycles. The summed E-state index contributed by atoms with van der Waals surface area (Å²) >= 11 is 0. The summed E-state index contributed by atoms with van der Waals surface area (Å²) < 4.78 is 5.70. The summed E-state index contributed by atoms with van der Waals surface area (Å²) in [6.07, 6.45) is 2.31. The van der Waals surface area contributed by atoms with E-state index in [1.54, 1.807) is 6.07 Å². The molecule has 140 valence electrons. The summed E-state index contributed by atoms with van der Waals surface area (Å²) in [6.45, 7) is 4.08. The highest BCUT2D eigenvalue weighted by atomic mass is 16.4. The van der Waals surface area contributed by atoms with Gasteiger partial charge in [0.15, 0.2) is 0 Å². The maximum absolute atomic E-state index is 12.8. The molecule has 2 atom stereocenters. The molecule has 0 aliphatic heterocycles. The van der Waals surface area contributed by atoms with Crippen LogP contribution in [-0.2, 0) is 6.42 Å². The highest BCUT2D eigenvalue weighted by Gasteiger charge is 2.24. The Morgan fingerprint density at radius 2 is 1.56 bits per heavy atom. The van der Waals surface area contributed by atoms with E-state index in [0.717, 1.165) is 18.4 Å². The van der Waals surface area contributed by atoms with E-state index in [9.17, 15) is 9.90 Å². The molecule has 0 aliphatic carbocycles. The van der Waals surface area contributed by atoms with Gasteiger partial charge in [-0.3, -0.25) is 0 Å². The molecule has 0 bridgehead atoms. The van der Waals surface area contributed by atoms with Crippen LogP contribution < -0.4 is 5.63 Å². The predicted molar refractivity (Wildman–Crippen MR) is 108 cm³/mol. The number of aromatic hydroxyl groups is 1. The van der Waals surface area contributed by atoms with Gasteiger partial charge in [-0.25, -0.2) is 4.79 Å². The second-order valence-corrected chi connectivity index (χ2v) is 6.90. The fraction of sp³-hybridized carbons (Fsp3) is 0.292. The Labute approximate surface area is 160 Å². The van der Waals surface area contributed by atoms with E-state index in [0.29, 0.717) is 17.7 Å². The van der Waals surface area contributed by atoms with Crippen molar-refractivity contribution in [2.24, 2.45) is 0 Å². The molecule has 1 heterocycles. The van der Waals surface area contributed by atoms with Crippen molar-refractivity contribution in [1.82, 2.24) is 0 Å². The molecular weight excluding hydrogens is 336 g/mol. The lowest BCUT2D eigenvalue weighted by molar-refractivity contribution is 0.381. The van der Waals surface area contributed by atoms with Crippen LogP contribution in [0.25, 0.3) is 0 Å². The molecule has 0 fully saturated rings. The van der Waals surface area contributed by atoms with Crippen molar-refractivity contribution < 1.29 is 9.52 Å². The van der Waals surface area contributed by atoms with Crippen LogP contribution in [-0.4, -0.2) is 5.11 Å². The van der Waals surface area contributed by atoms with Crippen LogP contribution in [0.1, 0.15) is 61.0 Å². The van der Waals surface area contributed by atoms with Gasteiger partial charge in [-0.15, -0.1) is 0 Å². The van der Waals surface area contributed by atoms with Gasteiger partial charge < -0.3 is 9.52 Å². The van der Waals surface area contributed by atoms with Gasteiger partial charge in [0, 0.05) is 17.9 Å². The van der Waals surface area contributed by atoms with Crippen molar-refractivity contribution in [1.29, 1.82) is 0 Å². The number of hydrogen-bond acceptors (Lipinski definition) is 3. The van der Waals surface area contributed by atoms with Gasteiger partial charge in [-0.2, -0.15) is 0 Å². The summed E-state index contributed by atoms with van der Waals surface area (Å²) in [5.74, 6) is 0.460. The van der Waals surface area contributed by atoms with Gasteiger partial charge in [-0.05, 0) is 30.4 Å². The summed E-state index contributed by atoms with van der Waals surface area (Å²) in [5.41, 5.74) is 2.10. The highest BCUT2D eigenvalue weighted by Crippen LogP contribution is 2.34. The first-order valence-corrected chi connectivity index (χ1v) is 9.59. The smallest absolute Gasteiger partial charge is 0.343 e. The lowest BCUT2D eigenvalue weighted by Crippen LogP contribution is -2.16. The van der Waals surface area contributed by atoms with E-state index in [4.69, 9.17) is 4.42 Å². The predicted octanol–water partition coefficient (Wildman–Crippen LogP) is 5.62. The van der Waals surface area contributed by atoms with Gasteiger partial charge in [0.25, 0.3) is 0 Å². The Morgan fingerprint density at radius 1 is 0.926 bits per heavy atom. The van der Waals surface area contributed by atoms with Crippen LogP contribution >= 0.6 is 0 Å². The zero-order valence-corrected chi connectivity index (χ0v) is 15.9. The molecule has 0 saturated heterocycles. The first-order valence-electron chi connectivity index (χ1n) is 9.59. The van der Waals surface area contributed by atoms with Gasteiger partial charge in [0.2, 0.25) is 0 Å². The minimum Gasteiger partial charge on any atom is -0.507 e. The monoisotopic (exact) mass is 362 g/mol. The zero-order valence-electron chi connectivity index (χ0n) is 15.9. The molecule has 0 radical (unpaired) electrons. The fourth-order valence-corrected chi connectivity index (χ4v) is 3.67. The lowest BCUT2D eigenvalue weighted by atomic mass is 9.88. The van der Waals surface area contributed by atoms with Crippen LogP contribution in [0, 0.1) is 0 Å². The van der Waals surface area contributed by atoms with Crippen molar-refractivity contribution in [2.45, 2.75) is 44.9 Å². The first-order chi connectivity index (χ1) is 13.1. The van der Waals surface area contributed by atoms with Crippen LogP contribution in [0.3, 0.4) is 0 Å². The Kier molecular flexibility index (Phi) is 6.12. The van der Waals surface area contributed by atoms with Gasteiger partial charge in [0.1, 0.15) is 11.5 Å². The SMILES string of the molecule is CC[C@@H](Cc1ccccc1)c1cc(O)c([C@H](CC)c2ccccc2)c(=O)o1. The minimum atomic E-state index is -0.438. The molecule has 27 heavy (non-hydrogen) atoms. The van der Waals surface area contributed by atoms with Crippen LogP contribution in [0.2, 0.25) is 0 Å². The zero-order chi connectivity index (χ0) is 19.2. The summed E-state index contributed by atoms with van der Waals surface area (Å²) in [5, 5.41) is 10.7. The van der Waals surface area contributed by atoms with Crippen LogP contribution in [0.15, 0.2) is 75.9 Å². The van der Waals surface area contributed by atoms with Gasteiger partial charge >= 0.3 is 5.63 Å². The van der Waals surface area contributed by atoms with Gasteiger partial charge in [0.05, 0.1) is 5.56 Å².